The van der Waals surface area contributed by atoms with Gasteiger partial charge in [0.2, 0.25) is 0 Å². The average molecular weight is 428 g/mol. The van der Waals surface area contributed by atoms with Crippen LogP contribution in [0.5, 0.6) is 0 Å². The Labute approximate surface area is 166 Å². The molecule has 11 heteroatoms. The van der Waals surface area contributed by atoms with Crippen LogP contribution in [0.4, 0.5) is 26.3 Å². The van der Waals surface area contributed by atoms with Gasteiger partial charge in [-0.25, -0.2) is 0 Å². The maximum Gasteiger partial charge on any atom is 0.416 e. The summed E-state index contributed by atoms with van der Waals surface area (Å²) in [5.41, 5.74) is -1.95. The number of aromatic nitrogens is 3. The number of hydrogen-bond acceptors (Lipinski definition) is 3. The highest BCUT2D eigenvalue weighted by Gasteiger charge is 2.37. The van der Waals surface area contributed by atoms with Crippen LogP contribution in [0.3, 0.4) is 0 Å². The molecule has 0 aliphatic carbocycles. The Bertz CT molecular complexity index is 1020. The largest absolute Gasteiger partial charge is 0.416 e. The number of aryl methyl sites for hydroxylation is 1. The molecular formula is C19H14F6N4O. The molecule has 0 fully saturated rings. The van der Waals surface area contributed by atoms with Gasteiger partial charge >= 0.3 is 12.4 Å². The van der Waals surface area contributed by atoms with E-state index in [1.807, 2.05) is 0 Å². The lowest BCUT2D eigenvalue weighted by atomic mass is 10.0. The monoisotopic (exact) mass is 428 g/mol. The topological polar surface area (TPSA) is 59.8 Å². The molecule has 0 aliphatic heterocycles. The minimum atomic E-state index is -5.03. The number of pyridine rings is 1. The van der Waals surface area contributed by atoms with Crippen molar-refractivity contribution in [1.29, 1.82) is 0 Å². The van der Waals surface area contributed by atoms with Crippen LogP contribution in [0.2, 0.25) is 0 Å². The van der Waals surface area contributed by atoms with Gasteiger partial charge in [-0.05, 0) is 29.8 Å². The Hall–Kier alpha value is -3.37. The average Bonchev–Trinajstić information content (AvgIpc) is 3.11. The maximum absolute atomic E-state index is 12.9. The lowest BCUT2D eigenvalue weighted by molar-refractivity contribution is -0.143. The first-order valence-electron chi connectivity index (χ1n) is 8.45. The Kier molecular flexibility index (Phi) is 5.55. The van der Waals surface area contributed by atoms with E-state index in [0.717, 1.165) is 5.56 Å². The van der Waals surface area contributed by atoms with Crippen molar-refractivity contribution in [3.63, 3.8) is 0 Å². The quantitative estimate of drug-likeness (QED) is 0.625. The molecule has 2 aromatic heterocycles. The van der Waals surface area contributed by atoms with Crippen molar-refractivity contribution in [2.24, 2.45) is 7.05 Å². The minimum absolute atomic E-state index is 0.0299. The third-order valence-corrected chi connectivity index (χ3v) is 4.13. The van der Waals surface area contributed by atoms with E-state index in [1.54, 1.807) is 36.3 Å². The number of alkyl halides is 6. The predicted molar refractivity (Wildman–Crippen MR) is 94.1 cm³/mol. The van der Waals surface area contributed by atoms with E-state index in [9.17, 15) is 31.1 Å². The lowest BCUT2D eigenvalue weighted by Gasteiger charge is -2.14. The normalized spacial score (nSPS) is 12.1. The lowest BCUT2D eigenvalue weighted by Crippen LogP contribution is -2.24. The first kappa shape index (κ1) is 21.3. The molecule has 0 atom stereocenters. The molecule has 0 unspecified atom stereocenters. The molecule has 5 nitrogen and oxygen atoms in total. The first-order valence-corrected chi connectivity index (χ1v) is 8.45. The second-order valence-electron chi connectivity index (χ2n) is 6.43. The van der Waals surface area contributed by atoms with Gasteiger partial charge < -0.3 is 5.32 Å². The Morgan fingerprint density at radius 2 is 1.63 bits per heavy atom. The zero-order valence-electron chi connectivity index (χ0n) is 15.3. The zero-order chi connectivity index (χ0) is 22.1. The van der Waals surface area contributed by atoms with Crippen LogP contribution in [0.15, 0.2) is 48.9 Å². The summed E-state index contributed by atoms with van der Waals surface area (Å²) in [6.07, 6.45) is -5.26. The standard InChI is InChI=1S/C19H14F6N4O/c1-29-10-13(9-28-29)16-3-2-11(7-26-16)8-27-17(30)12-4-14(18(20,21)22)6-15(5-12)19(23,24)25/h2-7,9-10H,8H2,1H3,(H,27,30). The Morgan fingerprint density at radius 3 is 2.10 bits per heavy atom. The van der Waals surface area contributed by atoms with Gasteiger partial charge in [0, 0.05) is 37.1 Å². The van der Waals surface area contributed by atoms with Crippen LogP contribution in [-0.2, 0) is 25.9 Å². The van der Waals surface area contributed by atoms with E-state index in [2.05, 4.69) is 15.4 Å². The fourth-order valence-electron chi connectivity index (χ4n) is 2.62. The molecule has 3 rings (SSSR count). The van der Waals surface area contributed by atoms with E-state index < -0.39 is 35.0 Å². The van der Waals surface area contributed by atoms with Crippen LogP contribution in [0.1, 0.15) is 27.0 Å². The third kappa shape index (κ3) is 4.97. The van der Waals surface area contributed by atoms with Gasteiger partial charge in [-0.2, -0.15) is 31.4 Å². The number of carbonyl (C=O) groups excluding carboxylic acids is 1. The summed E-state index contributed by atoms with van der Waals surface area (Å²) in [6.45, 7) is -0.128. The Balaban J connectivity index is 1.76. The number of hydrogen-bond donors (Lipinski definition) is 1. The van der Waals surface area contributed by atoms with Crippen LogP contribution in [0.25, 0.3) is 11.3 Å². The molecule has 1 N–H and O–H groups in total. The van der Waals surface area contributed by atoms with E-state index in [4.69, 9.17) is 0 Å². The van der Waals surface area contributed by atoms with Gasteiger partial charge in [0.05, 0.1) is 23.0 Å². The van der Waals surface area contributed by atoms with Gasteiger partial charge in [-0.3, -0.25) is 14.5 Å². The molecule has 2 heterocycles. The second-order valence-corrected chi connectivity index (χ2v) is 6.43. The van der Waals surface area contributed by atoms with E-state index in [1.165, 1.54) is 6.20 Å². The summed E-state index contributed by atoms with van der Waals surface area (Å²) in [5, 5.41) is 6.32. The van der Waals surface area contributed by atoms with Crippen LogP contribution in [0, 0.1) is 0 Å². The Morgan fingerprint density at radius 1 is 1.00 bits per heavy atom. The van der Waals surface area contributed by atoms with Crippen molar-refractivity contribution in [2.75, 3.05) is 0 Å². The van der Waals surface area contributed by atoms with Gasteiger partial charge in [0.25, 0.3) is 5.91 Å². The van der Waals surface area contributed by atoms with Gasteiger partial charge in [0.15, 0.2) is 0 Å². The second kappa shape index (κ2) is 7.81. The number of nitrogens with one attached hydrogen (secondary N) is 1. The number of rotatable bonds is 4. The molecule has 1 aromatic carbocycles. The first-order chi connectivity index (χ1) is 13.9. The summed E-state index contributed by atoms with van der Waals surface area (Å²) in [6, 6.07) is 4.02. The molecule has 0 bridgehead atoms. The van der Waals surface area contributed by atoms with E-state index in [-0.39, 0.29) is 12.6 Å². The molecule has 3 aromatic rings. The zero-order valence-corrected chi connectivity index (χ0v) is 15.3. The third-order valence-electron chi connectivity index (χ3n) is 4.13. The predicted octanol–water partition coefficient (Wildman–Crippen LogP) is 4.45. The van der Waals surface area contributed by atoms with Gasteiger partial charge in [-0.1, -0.05) is 6.07 Å². The number of nitrogens with zero attached hydrogens (tertiary/aromatic N) is 3. The molecule has 0 aliphatic rings. The summed E-state index contributed by atoms with van der Waals surface area (Å²) < 4.78 is 79.1. The number of halogens is 6. The fourth-order valence-corrected chi connectivity index (χ4v) is 2.62. The van der Waals surface area contributed by atoms with Crippen molar-refractivity contribution in [3.05, 3.63) is 71.2 Å². The van der Waals surface area contributed by atoms with Crippen molar-refractivity contribution >= 4 is 5.91 Å². The molecule has 1 amide bonds. The highest BCUT2D eigenvalue weighted by atomic mass is 19.4. The minimum Gasteiger partial charge on any atom is -0.348 e. The van der Waals surface area contributed by atoms with Crippen LogP contribution in [-0.4, -0.2) is 20.7 Å². The number of amides is 1. The molecule has 0 radical (unpaired) electrons. The highest BCUT2D eigenvalue weighted by Crippen LogP contribution is 2.36. The number of benzene rings is 1. The SMILES string of the molecule is Cn1cc(-c2ccc(CNC(=O)c3cc(C(F)(F)F)cc(C(F)(F)F)c3)cn2)cn1. The van der Waals surface area contributed by atoms with Crippen molar-refractivity contribution in [2.45, 2.75) is 18.9 Å². The fraction of sp³-hybridized carbons (Fsp3) is 0.211. The summed E-state index contributed by atoms with van der Waals surface area (Å²) >= 11 is 0. The highest BCUT2D eigenvalue weighted by molar-refractivity contribution is 5.94. The molecule has 0 saturated carbocycles. The van der Waals surface area contributed by atoms with E-state index in [0.29, 0.717) is 23.4 Å². The summed E-state index contributed by atoms with van der Waals surface area (Å²) in [4.78, 5) is 16.4. The summed E-state index contributed by atoms with van der Waals surface area (Å²) in [5.74, 6) is -1.07. The molecule has 30 heavy (non-hydrogen) atoms. The smallest absolute Gasteiger partial charge is 0.348 e. The van der Waals surface area contributed by atoms with Crippen molar-refractivity contribution in [1.82, 2.24) is 20.1 Å². The van der Waals surface area contributed by atoms with Crippen molar-refractivity contribution in [3.8, 4) is 11.3 Å². The molecular weight excluding hydrogens is 414 g/mol. The maximum atomic E-state index is 12.9. The van der Waals surface area contributed by atoms with Gasteiger partial charge in [-0.15, -0.1) is 0 Å². The van der Waals surface area contributed by atoms with Gasteiger partial charge in [0.1, 0.15) is 0 Å². The van der Waals surface area contributed by atoms with Crippen molar-refractivity contribution < 1.29 is 31.1 Å². The molecule has 0 saturated heterocycles. The van der Waals surface area contributed by atoms with E-state index >= 15 is 0 Å². The van der Waals surface area contributed by atoms with Crippen LogP contribution >= 0.6 is 0 Å². The van der Waals surface area contributed by atoms with Crippen LogP contribution < -0.4 is 5.32 Å². The molecule has 0 spiro atoms. The number of carbonyl (C=O) groups is 1. The molecule has 158 valence electrons. The summed E-state index contributed by atoms with van der Waals surface area (Å²) in [7, 11) is 1.74.